The summed E-state index contributed by atoms with van der Waals surface area (Å²) < 4.78 is 0. The maximum atomic E-state index is 12.6. The molecule has 3 N–H and O–H groups in total. The third kappa shape index (κ3) is 3.01. The smallest absolute Gasteiger partial charge is 0.339 e. The van der Waals surface area contributed by atoms with Crippen LogP contribution in [0.1, 0.15) is 55.8 Å². The average molecular weight is 291 g/mol. The summed E-state index contributed by atoms with van der Waals surface area (Å²) in [7, 11) is 0. The highest BCUT2D eigenvalue weighted by atomic mass is 16.4. The van der Waals surface area contributed by atoms with Gasteiger partial charge in [0.1, 0.15) is 5.56 Å². The third-order valence-electron chi connectivity index (χ3n) is 4.48. The Balaban J connectivity index is 2.23. The highest BCUT2D eigenvalue weighted by molar-refractivity contribution is 6.00. The van der Waals surface area contributed by atoms with Gasteiger partial charge in [0.15, 0.2) is 5.75 Å². The van der Waals surface area contributed by atoms with Crippen LogP contribution >= 0.6 is 0 Å². The van der Waals surface area contributed by atoms with E-state index in [0.29, 0.717) is 0 Å². The number of aromatic hydroxyl groups is 1. The second kappa shape index (κ2) is 6.16. The molecule has 1 aliphatic rings. The molecule has 0 atom stereocenters. The number of amides is 1. The number of rotatable bonds is 4. The predicted octanol–water partition coefficient (Wildman–Crippen LogP) is 3.39. The fourth-order valence-corrected chi connectivity index (χ4v) is 3.04. The van der Waals surface area contributed by atoms with E-state index in [4.69, 9.17) is 5.11 Å². The molecule has 0 aromatic heterocycles. The summed E-state index contributed by atoms with van der Waals surface area (Å²) in [5.74, 6) is -1.73. The van der Waals surface area contributed by atoms with E-state index in [2.05, 4.69) is 5.32 Å². The van der Waals surface area contributed by atoms with Crippen molar-refractivity contribution in [3.05, 3.63) is 23.8 Å². The van der Waals surface area contributed by atoms with Gasteiger partial charge in [-0.3, -0.25) is 4.79 Å². The number of carboxylic acids is 1. The van der Waals surface area contributed by atoms with Crippen LogP contribution in [0.5, 0.6) is 5.75 Å². The number of hydrogen-bond acceptors (Lipinski definition) is 3. The number of benzene rings is 1. The molecule has 0 bridgehead atoms. The Morgan fingerprint density at radius 2 is 1.90 bits per heavy atom. The molecule has 0 radical (unpaired) electrons. The Hall–Kier alpha value is -2.04. The zero-order valence-corrected chi connectivity index (χ0v) is 12.2. The summed E-state index contributed by atoms with van der Waals surface area (Å²) in [4.78, 5) is 23.6. The van der Waals surface area contributed by atoms with Crippen LogP contribution in [0.15, 0.2) is 18.2 Å². The Morgan fingerprint density at radius 3 is 2.48 bits per heavy atom. The predicted molar refractivity (Wildman–Crippen MR) is 79.5 cm³/mol. The van der Waals surface area contributed by atoms with E-state index in [-0.39, 0.29) is 22.9 Å². The summed E-state index contributed by atoms with van der Waals surface area (Å²) in [5.41, 5.74) is -0.440. The molecule has 2 rings (SSSR count). The lowest BCUT2D eigenvalue weighted by atomic mass is 9.71. The summed E-state index contributed by atoms with van der Waals surface area (Å²) in [6.45, 7) is 2.00. The molecule has 5 heteroatoms. The lowest BCUT2D eigenvalue weighted by Gasteiger charge is -2.35. The molecule has 114 valence electrons. The van der Waals surface area contributed by atoms with Crippen molar-refractivity contribution in [1.82, 2.24) is 0 Å². The van der Waals surface area contributed by atoms with Gasteiger partial charge in [0.25, 0.3) is 0 Å². The fourth-order valence-electron chi connectivity index (χ4n) is 3.04. The first-order chi connectivity index (χ1) is 10.00. The van der Waals surface area contributed by atoms with Crippen molar-refractivity contribution in [3.8, 4) is 5.75 Å². The van der Waals surface area contributed by atoms with Gasteiger partial charge in [0.2, 0.25) is 5.91 Å². The Labute approximate surface area is 124 Å². The number of nitrogens with one attached hydrogen (secondary N) is 1. The minimum absolute atomic E-state index is 0.123. The molecular weight excluding hydrogens is 270 g/mol. The molecule has 0 aliphatic heterocycles. The number of anilines is 1. The normalized spacial score (nSPS) is 17.2. The monoisotopic (exact) mass is 291 g/mol. The quantitative estimate of drug-likeness (QED) is 0.742. The molecule has 1 aromatic rings. The molecule has 0 heterocycles. The molecule has 1 aromatic carbocycles. The Bertz CT molecular complexity index is 547. The molecule has 21 heavy (non-hydrogen) atoms. The van der Waals surface area contributed by atoms with Crippen LogP contribution in [0.4, 0.5) is 5.69 Å². The minimum atomic E-state index is -1.22. The van der Waals surface area contributed by atoms with Crippen molar-refractivity contribution < 1.29 is 19.8 Å². The average Bonchev–Trinajstić information content (AvgIpc) is 2.49. The van der Waals surface area contributed by atoms with Gasteiger partial charge in [-0.15, -0.1) is 0 Å². The molecule has 0 unspecified atom stereocenters. The van der Waals surface area contributed by atoms with E-state index in [0.717, 1.165) is 38.5 Å². The van der Waals surface area contributed by atoms with E-state index in [1.54, 1.807) is 0 Å². The molecule has 1 fully saturated rings. The van der Waals surface area contributed by atoms with Gasteiger partial charge < -0.3 is 15.5 Å². The maximum Gasteiger partial charge on any atom is 0.339 e. The van der Waals surface area contributed by atoms with Crippen LogP contribution in [0, 0.1) is 5.41 Å². The number of para-hydroxylation sites is 1. The van der Waals surface area contributed by atoms with Crippen molar-refractivity contribution in [2.24, 2.45) is 5.41 Å². The minimum Gasteiger partial charge on any atom is -0.505 e. The van der Waals surface area contributed by atoms with E-state index in [1.165, 1.54) is 18.2 Å². The van der Waals surface area contributed by atoms with Gasteiger partial charge in [-0.05, 0) is 31.4 Å². The zero-order valence-electron chi connectivity index (χ0n) is 12.2. The second-order valence-corrected chi connectivity index (χ2v) is 5.66. The first kappa shape index (κ1) is 15.4. The Kier molecular flexibility index (Phi) is 4.50. The molecular formula is C16H21NO4. The van der Waals surface area contributed by atoms with E-state index < -0.39 is 11.4 Å². The molecule has 0 saturated heterocycles. The van der Waals surface area contributed by atoms with Crippen molar-refractivity contribution in [2.45, 2.75) is 45.4 Å². The number of aromatic carboxylic acids is 1. The Morgan fingerprint density at radius 1 is 1.24 bits per heavy atom. The largest absolute Gasteiger partial charge is 0.505 e. The van der Waals surface area contributed by atoms with E-state index >= 15 is 0 Å². The van der Waals surface area contributed by atoms with Gasteiger partial charge in [0, 0.05) is 5.41 Å². The van der Waals surface area contributed by atoms with E-state index in [9.17, 15) is 14.7 Å². The SMILES string of the molecule is CCC1(C(=O)Nc2cccc(C(=O)O)c2O)CCCCC1. The number of carbonyl (C=O) groups excluding carboxylic acids is 1. The van der Waals surface area contributed by atoms with E-state index in [1.807, 2.05) is 6.92 Å². The van der Waals surface area contributed by atoms with Crippen molar-refractivity contribution in [2.75, 3.05) is 5.32 Å². The summed E-state index contributed by atoms with van der Waals surface area (Å²) in [5, 5.41) is 21.7. The molecule has 0 spiro atoms. The van der Waals surface area contributed by atoms with Gasteiger partial charge >= 0.3 is 5.97 Å². The fraction of sp³-hybridized carbons (Fsp3) is 0.500. The zero-order chi connectivity index (χ0) is 15.5. The number of carboxylic acid groups (broad SMARTS) is 1. The number of phenols is 1. The van der Waals surface area contributed by atoms with Crippen molar-refractivity contribution in [1.29, 1.82) is 0 Å². The van der Waals surface area contributed by atoms with Gasteiger partial charge in [-0.2, -0.15) is 0 Å². The summed E-state index contributed by atoms with van der Waals surface area (Å²) >= 11 is 0. The maximum absolute atomic E-state index is 12.6. The van der Waals surface area contributed by atoms with Gasteiger partial charge in [-0.1, -0.05) is 32.3 Å². The number of carbonyl (C=O) groups is 2. The molecule has 1 saturated carbocycles. The standard InChI is InChI=1S/C16H21NO4/c1-2-16(9-4-3-5-10-16)15(21)17-12-8-6-7-11(13(12)18)14(19)20/h6-8,18H,2-5,9-10H2,1H3,(H,17,21)(H,19,20). The summed E-state index contributed by atoms with van der Waals surface area (Å²) in [6, 6.07) is 4.34. The van der Waals surface area contributed by atoms with Crippen LogP contribution in [0.2, 0.25) is 0 Å². The van der Waals surface area contributed by atoms with Crippen molar-refractivity contribution in [3.63, 3.8) is 0 Å². The van der Waals surface area contributed by atoms with Crippen LogP contribution in [0.3, 0.4) is 0 Å². The second-order valence-electron chi connectivity index (χ2n) is 5.66. The molecule has 1 aliphatic carbocycles. The van der Waals surface area contributed by atoms with Crippen LogP contribution in [-0.4, -0.2) is 22.1 Å². The van der Waals surface area contributed by atoms with Gasteiger partial charge in [-0.25, -0.2) is 4.79 Å². The summed E-state index contributed by atoms with van der Waals surface area (Å²) in [6.07, 6.45) is 5.64. The number of hydrogen-bond donors (Lipinski definition) is 3. The lowest BCUT2D eigenvalue weighted by molar-refractivity contribution is -0.127. The molecule has 5 nitrogen and oxygen atoms in total. The van der Waals surface area contributed by atoms with Crippen molar-refractivity contribution >= 4 is 17.6 Å². The first-order valence-electron chi connectivity index (χ1n) is 7.37. The topological polar surface area (TPSA) is 86.6 Å². The van der Waals surface area contributed by atoms with Crippen LogP contribution in [-0.2, 0) is 4.79 Å². The molecule has 1 amide bonds. The highest BCUT2D eigenvalue weighted by Crippen LogP contribution is 2.41. The van der Waals surface area contributed by atoms with Crippen LogP contribution in [0.25, 0.3) is 0 Å². The first-order valence-corrected chi connectivity index (χ1v) is 7.37. The lowest BCUT2D eigenvalue weighted by Crippen LogP contribution is -2.37. The third-order valence-corrected chi connectivity index (χ3v) is 4.48. The van der Waals surface area contributed by atoms with Gasteiger partial charge in [0.05, 0.1) is 5.69 Å². The van der Waals surface area contributed by atoms with Crippen LogP contribution < -0.4 is 5.32 Å². The highest BCUT2D eigenvalue weighted by Gasteiger charge is 2.38.